The van der Waals surface area contributed by atoms with Gasteiger partial charge in [0, 0.05) is 6.54 Å². The van der Waals surface area contributed by atoms with E-state index in [9.17, 15) is 8.78 Å². The van der Waals surface area contributed by atoms with Crippen LogP contribution < -0.4 is 0 Å². The molecule has 0 spiro atoms. The quantitative estimate of drug-likeness (QED) is 0.569. The lowest BCUT2D eigenvalue weighted by Gasteiger charge is -2.08. The van der Waals surface area contributed by atoms with Crippen molar-refractivity contribution in [2.75, 3.05) is 20.1 Å². The van der Waals surface area contributed by atoms with Gasteiger partial charge < -0.3 is 4.90 Å². The molecule has 0 heterocycles. The van der Waals surface area contributed by atoms with Crippen molar-refractivity contribution >= 4 is 0 Å². The van der Waals surface area contributed by atoms with Crippen molar-refractivity contribution in [3.8, 4) is 0 Å². The van der Waals surface area contributed by atoms with Gasteiger partial charge >= 0.3 is 0 Å². The zero-order valence-electron chi connectivity index (χ0n) is 5.69. The van der Waals surface area contributed by atoms with Gasteiger partial charge in [0.1, 0.15) is 0 Å². The third-order valence-corrected chi connectivity index (χ3v) is 1.10. The minimum absolute atomic E-state index is 0.332. The molecule has 0 radical (unpaired) electrons. The predicted molar refractivity (Wildman–Crippen MR) is 33.5 cm³/mol. The predicted octanol–water partition coefficient (Wildman–Crippen LogP) is 1.72. The fraction of sp³-hybridized carbons (Fsp3) is 0.667. The van der Waals surface area contributed by atoms with Gasteiger partial charge in [0.15, 0.2) is 0 Å². The van der Waals surface area contributed by atoms with E-state index in [1.54, 1.807) is 11.9 Å². The maximum Gasteiger partial charge on any atom is 0.267 e. The van der Waals surface area contributed by atoms with E-state index >= 15 is 0 Å². The van der Waals surface area contributed by atoms with Crippen molar-refractivity contribution in [2.45, 2.75) is 6.92 Å². The maximum absolute atomic E-state index is 11.4. The van der Waals surface area contributed by atoms with Gasteiger partial charge in [0.2, 0.25) is 0 Å². The minimum atomic E-state index is -1.60. The molecule has 0 aliphatic rings. The van der Waals surface area contributed by atoms with Crippen molar-refractivity contribution in [3.05, 3.63) is 12.2 Å². The van der Waals surface area contributed by atoms with E-state index in [2.05, 4.69) is 0 Å². The molecule has 0 saturated heterocycles. The molecule has 54 valence electrons. The van der Waals surface area contributed by atoms with Crippen molar-refractivity contribution in [1.29, 1.82) is 0 Å². The summed E-state index contributed by atoms with van der Waals surface area (Å²) < 4.78 is 22.7. The van der Waals surface area contributed by atoms with E-state index in [1.807, 2.05) is 6.92 Å². The van der Waals surface area contributed by atoms with Crippen LogP contribution in [0.2, 0.25) is 0 Å². The molecular formula is C6H11F2N. The first-order valence-electron chi connectivity index (χ1n) is 2.86. The Balaban J connectivity index is 3.37. The smallest absolute Gasteiger partial charge is 0.267 e. The fourth-order valence-corrected chi connectivity index (χ4v) is 0.354. The molecule has 0 bridgehead atoms. The van der Waals surface area contributed by atoms with Crippen LogP contribution in [0.3, 0.4) is 0 Å². The molecule has 1 nitrogen and oxygen atoms in total. The van der Waals surface area contributed by atoms with Gasteiger partial charge in [-0.05, 0) is 19.7 Å². The van der Waals surface area contributed by atoms with Crippen LogP contribution in [0, 0.1) is 0 Å². The lowest BCUT2D eigenvalue weighted by molar-refractivity contribution is 0.369. The van der Waals surface area contributed by atoms with E-state index in [-0.39, 0.29) is 0 Å². The van der Waals surface area contributed by atoms with Gasteiger partial charge in [-0.3, -0.25) is 0 Å². The Labute approximate surface area is 54.0 Å². The molecule has 3 heteroatoms. The minimum Gasteiger partial charge on any atom is -0.303 e. The first-order valence-corrected chi connectivity index (χ1v) is 2.86. The highest BCUT2D eigenvalue weighted by atomic mass is 19.3. The van der Waals surface area contributed by atoms with E-state index in [1.165, 1.54) is 0 Å². The number of hydrogen-bond donors (Lipinski definition) is 0. The second-order valence-electron chi connectivity index (χ2n) is 1.85. The molecule has 0 amide bonds. The topological polar surface area (TPSA) is 3.24 Å². The largest absolute Gasteiger partial charge is 0.303 e. The molecule has 0 N–H and O–H groups in total. The summed E-state index contributed by atoms with van der Waals surface area (Å²) in [4.78, 5) is 1.79. The van der Waals surface area contributed by atoms with Crippen LogP contribution >= 0.6 is 0 Å². The Bertz CT molecular complexity index is 97.2. The van der Waals surface area contributed by atoms with E-state index < -0.39 is 6.08 Å². The summed E-state index contributed by atoms with van der Waals surface area (Å²) in [6.07, 6.45) is -0.695. The van der Waals surface area contributed by atoms with Crippen LogP contribution in [-0.4, -0.2) is 25.0 Å². The second-order valence-corrected chi connectivity index (χ2v) is 1.85. The summed E-state index contributed by atoms with van der Waals surface area (Å²) in [6, 6.07) is 0. The molecule has 9 heavy (non-hydrogen) atoms. The van der Waals surface area contributed by atoms with Crippen LogP contribution in [0.15, 0.2) is 12.2 Å². The second kappa shape index (κ2) is 4.44. The van der Waals surface area contributed by atoms with Crippen LogP contribution in [0.1, 0.15) is 6.92 Å². The molecule has 0 aliphatic heterocycles. The summed E-state index contributed by atoms with van der Waals surface area (Å²) in [6.45, 7) is 3.05. The zero-order valence-corrected chi connectivity index (χ0v) is 5.69. The maximum atomic E-state index is 11.4. The molecule has 0 fully saturated rings. The van der Waals surface area contributed by atoms with E-state index in [0.717, 1.165) is 12.6 Å². The lowest BCUT2D eigenvalue weighted by Crippen LogP contribution is -2.17. The monoisotopic (exact) mass is 135 g/mol. The van der Waals surface area contributed by atoms with Gasteiger partial charge in [0.05, 0.1) is 0 Å². The summed E-state index contributed by atoms with van der Waals surface area (Å²) >= 11 is 0. The van der Waals surface area contributed by atoms with Gasteiger partial charge in [-0.2, -0.15) is 8.78 Å². The summed E-state index contributed by atoms with van der Waals surface area (Å²) in [5, 5.41) is 0. The highest BCUT2D eigenvalue weighted by Gasteiger charge is 1.91. The molecule has 0 aromatic heterocycles. The number of likely N-dealkylation sites (N-methyl/N-ethyl adjacent to an activating group) is 1. The lowest BCUT2D eigenvalue weighted by atomic mass is 10.5. The Morgan fingerprint density at radius 3 is 2.44 bits per heavy atom. The number of nitrogens with zero attached hydrogens (tertiary/aromatic N) is 1. The normalized spacial score (nSPS) is 9.89. The Hall–Kier alpha value is -0.440. The van der Waals surface area contributed by atoms with Gasteiger partial charge in [0.25, 0.3) is 6.08 Å². The number of halogens is 2. The van der Waals surface area contributed by atoms with Crippen molar-refractivity contribution in [1.82, 2.24) is 4.90 Å². The Morgan fingerprint density at radius 1 is 1.56 bits per heavy atom. The molecule has 0 unspecified atom stereocenters. The average molecular weight is 135 g/mol. The van der Waals surface area contributed by atoms with E-state index in [4.69, 9.17) is 0 Å². The molecular weight excluding hydrogens is 124 g/mol. The third-order valence-electron chi connectivity index (χ3n) is 1.10. The Morgan fingerprint density at radius 2 is 2.11 bits per heavy atom. The van der Waals surface area contributed by atoms with Crippen LogP contribution in [0.4, 0.5) is 8.78 Å². The van der Waals surface area contributed by atoms with Crippen molar-refractivity contribution < 1.29 is 8.78 Å². The van der Waals surface area contributed by atoms with Gasteiger partial charge in [-0.15, -0.1) is 0 Å². The van der Waals surface area contributed by atoms with Gasteiger partial charge in [-0.25, -0.2) is 0 Å². The third kappa shape index (κ3) is 5.43. The number of hydrogen-bond acceptors (Lipinski definition) is 1. The van der Waals surface area contributed by atoms with Crippen LogP contribution in [-0.2, 0) is 0 Å². The summed E-state index contributed by atoms with van der Waals surface area (Å²) in [5.41, 5.74) is 0. The van der Waals surface area contributed by atoms with E-state index in [0.29, 0.717) is 6.54 Å². The first-order chi connectivity index (χ1) is 4.16. The first kappa shape index (κ1) is 8.56. The molecule has 0 aliphatic carbocycles. The summed E-state index contributed by atoms with van der Waals surface area (Å²) in [7, 11) is 1.79. The zero-order chi connectivity index (χ0) is 7.28. The molecule has 0 aromatic rings. The summed E-state index contributed by atoms with van der Waals surface area (Å²) in [5.74, 6) is 0. The fourth-order valence-electron chi connectivity index (χ4n) is 0.354. The SMILES string of the molecule is CCN(C)CC=C(F)F. The standard InChI is InChI=1S/C6H11F2N/c1-3-9(2)5-4-6(7)8/h4H,3,5H2,1-2H3. The number of rotatable bonds is 3. The molecule has 0 atom stereocenters. The van der Waals surface area contributed by atoms with Crippen molar-refractivity contribution in [2.24, 2.45) is 0 Å². The molecule has 0 aromatic carbocycles. The van der Waals surface area contributed by atoms with Crippen LogP contribution in [0.5, 0.6) is 0 Å². The molecule has 0 saturated carbocycles. The highest BCUT2D eigenvalue weighted by molar-refractivity contribution is 4.82. The van der Waals surface area contributed by atoms with Gasteiger partial charge in [-0.1, -0.05) is 6.92 Å². The van der Waals surface area contributed by atoms with Crippen LogP contribution in [0.25, 0.3) is 0 Å². The average Bonchev–Trinajstić information content (AvgIpc) is 1.83. The van der Waals surface area contributed by atoms with Crippen molar-refractivity contribution in [3.63, 3.8) is 0 Å². The Kier molecular flexibility index (Phi) is 4.22. The highest BCUT2D eigenvalue weighted by Crippen LogP contribution is 1.95. The molecule has 0 rings (SSSR count).